The number of carbonyl (C=O) groups is 3. The van der Waals surface area contributed by atoms with Crippen molar-refractivity contribution in [1.29, 1.82) is 0 Å². The number of carbonyl (C=O) groups excluding carboxylic acids is 3. The Morgan fingerprint density at radius 1 is 1.21 bits per heavy atom. The van der Waals surface area contributed by atoms with Gasteiger partial charge in [-0.1, -0.05) is 11.6 Å². The number of nitrogens with one attached hydrogen (secondary N) is 1. The molecule has 2 aromatic heterocycles. The van der Waals surface area contributed by atoms with Crippen LogP contribution in [0.4, 0.5) is 9.39 Å². The molecule has 0 spiro atoms. The quantitative estimate of drug-likeness (QED) is 0.510. The summed E-state index contributed by atoms with van der Waals surface area (Å²) in [4.78, 5) is 38.0. The van der Waals surface area contributed by atoms with Gasteiger partial charge < -0.3 is 15.8 Å². The molecule has 2 heterocycles. The van der Waals surface area contributed by atoms with Crippen molar-refractivity contribution < 1.29 is 23.5 Å². The third kappa shape index (κ3) is 4.62. The van der Waals surface area contributed by atoms with E-state index >= 15 is 0 Å². The zero-order valence-electron chi connectivity index (χ0n) is 17.6. The highest BCUT2D eigenvalue weighted by molar-refractivity contribution is 7.17. The second-order valence-corrected chi connectivity index (χ2v) is 9.01. The van der Waals surface area contributed by atoms with Crippen molar-refractivity contribution in [2.24, 2.45) is 5.73 Å². The molecule has 0 saturated carbocycles. The highest BCUT2D eigenvalue weighted by Gasteiger charge is 2.26. The number of benzene rings is 1. The SMILES string of the molecule is Cc1nn(-c2ccc(F)cc2)c(Cl)c1C(=O)OCC(=O)Nc1sc2c(c1C(N)=O)CCCC2. The Labute approximate surface area is 197 Å². The molecule has 33 heavy (non-hydrogen) atoms. The number of hydrogen-bond acceptors (Lipinski definition) is 6. The second-order valence-electron chi connectivity index (χ2n) is 7.54. The number of aromatic nitrogens is 2. The van der Waals surface area contributed by atoms with Crippen LogP contribution in [0.2, 0.25) is 5.15 Å². The van der Waals surface area contributed by atoms with E-state index in [1.165, 1.54) is 40.3 Å². The number of thiophene rings is 1. The molecule has 1 aromatic carbocycles. The van der Waals surface area contributed by atoms with Crippen LogP contribution in [0.25, 0.3) is 5.69 Å². The number of amides is 2. The van der Waals surface area contributed by atoms with E-state index in [0.717, 1.165) is 36.1 Å². The Kier molecular flexibility index (Phi) is 6.48. The number of anilines is 1. The summed E-state index contributed by atoms with van der Waals surface area (Å²) in [6.45, 7) is 0.981. The van der Waals surface area contributed by atoms with Crippen molar-refractivity contribution in [3.05, 3.63) is 62.5 Å². The van der Waals surface area contributed by atoms with Crippen molar-refractivity contribution in [3.8, 4) is 5.69 Å². The van der Waals surface area contributed by atoms with Crippen molar-refractivity contribution >= 4 is 45.7 Å². The standard InChI is InChI=1S/C22H20ClFN4O4S/c1-11-17(19(23)28(27-11)13-8-6-12(24)7-9-13)22(31)32-10-16(29)26-21-18(20(25)30)14-4-2-3-5-15(14)33-21/h6-9H,2-5,10H2,1H3,(H2,25,30)(H,26,29). The van der Waals surface area contributed by atoms with Crippen molar-refractivity contribution in [1.82, 2.24) is 9.78 Å². The average Bonchev–Trinajstić information content (AvgIpc) is 3.29. The van der Waals surface area contributed by atoms with Crippen molar-refractivity contribution in [2.45, 2.75) is 32.6 Å². The minimum absolute atomic E-state index is 0.00166. The zero-order chi connectivity index (χ0) is 23.7. The van der Waals surface area contributed by atoms with Crippen LogP contribution in [0.1, 0.15) is 49.7 Å². The number of esters is 1. The first-order valence-electron chi connectivity index (χ1n) is 10.2. The van der Waals surface area contributed by atoms with Crippen LogP contribution < -0.4 is 11.1 Å². The highest BCUT2D eigenvalue weighted by atomic mass is 35.5. The van der Waals surface area contributed by atoms with Gasteiger partial charge in [0.2, 0.25) is 0 Å². The molecule has 0 saturated heterocycles. The summed E-state index contributed by atoms with van der Waals surface area (Å²) >= 11 is 7.63. The molecule has 0 aliphatic heterocycles. The number of ether oxygens (including phenoxy) is 1. The van der Waals surface area contributed by atoms with Crippen LogP contribution in [0.3, 0.4) is 0 Å². The zero-order valence-corrected chi connectivity index (χ0v) is 19.2. The summed E-state index contributed by atoms with van der Waals surface area (Å²) in [5, 5.41) is 7.19. The monoisotopic (exact) mass is 490 g/mol. The predicted octanol–water partition coefficient (Wildman–Crippen LogP) is 3.81. The smallest absolute Gasteiger partial charge is 0.343 e. The maximum absolute atomic E-state index is 13.2. The first kappa shape index (κ1) is 22.9. The number of aryl methyl sites for hydroxylation is 2. The van der Waals surface area contributed by atoms with Gasteiger partial charge in [-0.2, -0.15) is 5.10 Å². The number of rotatable bonds is 6. The van der Waals surface area contributed by atoms with Gasteiger partial charge in [-0.25, -0.2) is 13.9 Å². The molecule has 1 aliphatic rings. The van der Waals surface area contributed by atoms with Crippen LogP contribution >= 0.6 is 22.9 Å². The number of primary amides is 1. The summed E-state index contributed by atoms with van der Waals surface area (Å²) in [5.41, 5.74) is 7.50. The third-order valence-electron chi connectivity index (χ3n) is 5.28. The van der Waals surface area contributed by atoms with Gasteiger partial charge in [-0.05, 0) is 62.4 Å². The molecule has 3 aromatic rings. The lowest BCUT2D eigenvalue weighted by molar-refractivity contribution is -0.119. The Bertz CT molecular complexity index is 1250. The van der Waals surface area contributed by atoms with Gasteiger partial charge >= 0.3 is 5.97 Å². The Morgan fingerprint density at radius 3 is 2.61 bits per heavy atom. The molecular formula is C22H20ClFN4O4S. The molecule has 0 fully saturated rings. The average molecular weight is 491 g/mol. The van der Waals surface area contributed by atoms with Gasteiger partial charge in [-0.15, -0.1) is 11.3 Å². The lowest BCUT2D eigenvalue weighted by Gasteiger charge is -2.11. The van der Waals surface area contributed by atoms with E-state index in [1.54, 1.807) is 6.92 Å². The minimum Gasteiger partial charge on any atom is -0.452 e. The predicted molar refractivity (Wildman–Crippen MR) is 122 cm³/mol. The molecule has 172 valence electrons. The summed E-state index contributed by atoms with van der Waals surface area (Å²) in [7, 11) is 0. The molecule has 0 atom stereocenters. The second kappa shape index (κ2) is 9.32. The number of nitrogens with two attached hydrogens (primary N) is 1. The molecule has 4 rings (SSSR count). The minimum atomic E-state index is -0.832. The highest BCUT2D eigenvalue weighted by Crippen LogP contribution is 2.37. The number of nitrogens with zero attached hydrogens (tertiary/aromatic N) is 2. The van der Waals surface area contributed by atoms with Crippen molar-refractivity contribution in [3.63, 3.8) is 0 Å². The maximum Gasteiger partial charge on any atom is 0.343 e. The van der Waals surface area contributed by atoms with Crippen LogP contribution in [-0.4, -0.2) is 34.2 Å². The van der Waals surface area contributed by atoms with Gasteiger partial charge in [0.25, 0.3) is 11.8 Å². The largest absolute Gasteiger partial charge is 0.452 e. The van der Waals surface area contributed by atoms with E-state index < -0.39 is 30.2 Å². The van der Waals surface area contributed by atoms with Crippen LogP contribution in [0.5, 0.6) is 0 Å². The van der Waals surface area contributed by atoms with Crippen molar-refractivity contribution in [2.75, 3.05) is 11.9 Å². The number of hydrogen-bond donors (Lipinski definition) is 2. The first-order chi connectivity index (χ1) is 15.8. The lowest BCUT2D eigenvalue weighted by Crippen LogP contribution is -2.23. The van der Waals surface area contributed by atoms with E-state index in [1.807, 2.05) is 0 Å². The van der Waals surface area contributed by atoms with E-state index in [2.05, 4.69) is 10.4 Å². The van der Waals surface area contributed by atoms with Crippen LogP contribution in [0, 0.1) is 12.7 Å². The molecule has 11 heteroatoms. The van der Waals surface area contributed by atoms with Gasteiger partial charge in [0, 0.05) is 4.88 Å². The maximum atomic E-state index is 13.2. The van der Waals surface area contributed by atoms with Gasteiger partial charge in [-0.3, -0.25) is 9.59 Å². The Balaban J connectivity index is 1.46. The fourth-order valence-corrected chi connectivity index (χ4v) is 5.43. The molecule has 0 unspecified atom stereocenters. The summed E-state index contributed by atoms with van der Waals surface area (Å²) in [6.07, 6.45) is 3.55. The molecule has 3 N–H and O–H groups in total. The molecular weight excluding hydrogens is 471 g/mol. The fourth-order valence-electron chi connectivity index (χ4n) is 3.76. The van der Waals surface area contributed by atoms with Gasteiger partial charge in [0.15, 0.2) is 6.61 Å². The van der Waals surface area contributed by atoms with E-state index in [-0.39, 0.29) is 16.4 Å². The van der Waals surface area contributed by atoms with E-state index in [4.69, 9.17) is 22.1 Å². The summed E-state index contributed by atoms with van der Waals surface area (Å²) in [5.74, 6) is -2.46. The van der Waals surface area contributed by atoms with E-state index in [0.29, 0.717) is 16.3 Å². The number of halogens is 2. The normalized spacial score (nSPS) is 12.8. The molecule has 2 amide bonds. The summed E-state index contributed by atoms with van der Waals surface area (Å²) in [6, 6.07) is 5.42. The molecule has 1 aliphatic carbocycles. The Morgan fingerprint density at radius 2 is 1.91 bits per heavy atom. The van der Waals surface area contributed by atoms with Crippen LogP contribution in [0.15, 0.2) is 24.3 Å². The van der Waals surface area contributed by atoms with Crippen LogP contribution in [-0.2, 0) is 22.4 Å². The first-order valence-corrected chi connectivity index (χ1v) is 11.4. The van der Waals surface area contributed by atoms with E-state index in [9.17, 15) is 18.8 Å². The Hall–Kier alpha value is -3.24. The lowest BCUT2D eigenvalue weighted by atomic mass is 9.95. The molecule has 8 nitrogen and oxygen atoms in total. The third-order valence-corrected chi connectivity index (χ3v) is 6.84. The molecule has 0 bridgehead atoms. The van der Waals surface area contributed by atoms with Gasteiger partial charge in [0.05, 0.1) is 16.9 Å². The molecule has 0 radical (unpaired) electrons. The fraction of sp³-hybridized carbons (Fsp3) is 0.273. The topological polar surface area (TPSA) is 116 Å². The van der Waals surface area contributed by atoms with Gasteiger partial charge in [0.1, 0.15) is 21.5 Å². The number of fused-ring (bicyclic) bond motifs is 1. The summed E-state index contributed by atoms with van der Waals surface area (Å²) < 4.78 is 19.6.